The molecule has 8 heteroatoms. The highest BCUT2D eigenvalue weighted by Gasteiger charge is 2.38. The van der Waals surface area contributed by atoms with Gasteiger partial charge in [0.15, 0.2) is 0 Å². The van der Waals surface area contributed by atoms with Crippen molar-refractivity contribution in [2.45, 2.75) is 38.4 Å². The Bertz CT molecular complexity index is 1320. The first-order chi connectivity index (χ1) is 18.1. The molecule has 1 aliphatic heterocycles. The third-order valence-electron chi connectivity index (χ3n) is 7.10. The number of nitrogens with zero attached hydrogens (tertiary/aromatic N) is 5. The number of carbonyl (C=O) groups is 1. The van der Waals surface area contributed by atoms with Crippen LogP contribution in [-0.4, -0.2) is 57.3 Å². The summed E-state index contributed by atoms with van der Waals surface area (Å²) in [7, 11) is 1.67. The summed E-state index contributed by atoms with van der Waals surface area (Å²) < 4.78 is 7.20. The van der Waals surface area contributed by atoms with Gasteiger partial charge in [0, 0.05) is 19.6 Å². The van der Waals surface area contributed by atoms with E-state index in [9.17, 15) is 4.79 Å². The molecule has 1 N–H and O–H groups in total. The van der Waals surface area contributed by atoms with Crippen molar-refractivity contribution in [1.29, 1.82) is 0 Å². The molecule has 0 saturated carbocycles. The van der Waals surface area contributed by atoms with E-state index in [1.165, 1.54) is 22.3 Å². The number of likely N-dealkylation sites (tertiary alicyclic amines) is 1. The largest absolute Gasteiger partial charge is 0.496 e. The zero-order chi connectivity index (χ0) is 25.6. The summed E-state index contributed by atoms with van der Waals surface area (Å²) in [5.74, 6) is 0.870. The van der Waals surface area contributed by atoms with Crippen molar-refractivity contribution in [2.24, 2.45) is 0 Å². The maximum absolute atomic E-state index is 13.3. The van der Waals surface area contributed by atoms with Crippen molar-refractivity contribution in [2.75, 3.05) is 20.2 Å². The van der Waals surface area contributed by atoms with Gasteiger partial charge in [0.1, 0.15) is 12.1 Å². The summed E-state index contributed by atoms with van der Waals surface area (Å²) in [6.07, 6.45) is 2.99. The average molecular weight is 497 g/mol. The summed E-state index contributed by atoms with van der Waals surface area (Å²) >= 11 is 0. The Balaban J connectivity index is 1.27. The van der Waals surface area contributed by atoms with Crippen LogP contribution >= 0.6 is 0 Å². The van der Waals surface area contributed by atoms with E-state index in [1.807, 2.05) is 24.3 Å². The van der Waals surface area contributed by atoms with Crippen molar-refractivity contribution in [3.63, 3.8) is 0 Å². The van der Waals surface area contributed by atoms with Crippen LogP contribution in [0.1, 0.15) is 29.2 Å². The number of hydrogen-bond donors (Lipinski definition) is 1. The molecule has 37 heavy (non-hydrogen) atoms. The van der Waals surface area contributed by atoms with Crippen molar-refractivity contribution in [3.8, 4) is 16.9 Å². The second-order valence-corrected chi connectivity index (χ2v) is 9.49. The molecule has 1 saturated heterocycles. The van der Waals surface area contributed by atoms with E-state index in [0.717, 1.165) is 11.3 Å². The van der Waals surface area contributed by atoms with E-state index in [2.05, 4.69) is 81.2 Å². The lowest BCUT2D eigenvalue weighted by molar-refractivity contribution is -0.125. The number of amides is 1. The zero-order valence-electron chi connectivity index (χ0n) is 21.2. The molecule has 5 rings (SSSR count). The van der Waals surface area contributed by atoms with E-state index >= 15 is 0 Å². The number of ether oxygens (including phenoxy) is 1. The first-order valence-corrected chi connectivity index (χ1v) is 12.6. The van der Waals surface area contributed by atoms with E-state index in [1.54, 1.807) is 18.1 Å². The van der Waals surface area contributed by atoms with E-state index < -0.39 is 0 Å². The molecule has 3 aromatic carbocycles. The van der Waals surface area contributed by atoms with Crippen molar-refractivity contribution >= 4 is 5.91 Å². The minimum atomic E-state index is -0.261. The lowest BCUT2D eigenvalue weighted by Gasteiger charge is -2.23. The summed E-state index contributed by atoms with van der Waals surface area (Å²) in [5.41, 5.74) is 5.93. The number of aromatic nitrogens is 4. The van der Waals surface area contributed by atoms with Gasteiger partial charge in [-0.2, -0.15) is 0 Å². The van der Waals surface area contributed by atoms with E-state index in [0.29, 0.717) is 32.5 Å². The van der Waals surface area contributed by atoms with Gasteiger partial charge in [-0.05, 0) is 64.1 Å². The number of hydrogen-bond acceptors (Lipinski definition) is 6. The SMILES string of the molecule is COc1ccccc1CCNC(=O)[C@@H]1C[C@H](n2cnnn2)CN1Cc1ccc(-c2ccccc2C)cc1. The quantitative estimate of drug-likeness (QED) is 0.379. The summed E-state index contributed by atoms with van der Waals surface area (Å²) in [6.45, 7) is 4.06. The molecule has 0 aliphatic carbocycles. The summed E-state index contributed by atoms with van der Waals surface area (Å²) in [6, 6.07) is 24.7. The number of tetrazole rings is 1. The molecule has 0 spiro atoms. The fourth-order valence-corrected chi connectivity index (χ4v) is 5.12. The molecule has 8 nitrogen and oxygen atoms in total. The van der Waals surface area contributed by atoms with Crippen LogP contribution in [0.5, 0.6) is 5.75 Å². The highest BCUT2D eigenvalue weighted by atomic mass is 16.5. The van der Waals surface area contributed by atoms with Crippen molar-refractivity contribution in [1.82, 2.24) is 30.4 Å². The predicted octanol–water partition coefficient (Wildman–Crippen LogP) is 3.83. The zero-order valence-corrected chi connectivity index (χ0v) is 21.2. The molecular weight excluding hydrogens is 464 g/mol. The van der Waals surface area contributed by atoms with Gasteiger partial charge in [-0.15, -0.1) is 5.10 Å². The Labute approximate surface area is 217 Å². The molecule has 0 unspecified atom stereocenters. The predicted molar refractivity (Wildman–Crippen MR) is 142 cm³/mol. The van der Waals surface area contributed by atoms with E-state index in [4.69, 9.17) is 4.74 Å². The summed E-state index contributed by atoms with van der Waals surface area (Å²) in [5, 5.41) is 14.8. The van der Waals surface area contributed by atoms with Crippen LogP contribution in [0.15, 0.2) is 79.1 Å². The van der Waals surface area contributed by atoms with Crippen LogP contribution < -0.4 is 10.1 Å². The number of benzene rings is 3. The molecule has 190 valence electrons. The maximum Gasteiger partial charge on any atom is 0.237 e. The lowest BCUT2D eigenvalue weighted by Crippen LogP contribution is -2.43. The number of methoxy groups -OCH3 is 1. The van der Waals surface area contributed by atoms with Crippen molar-refractivity contribution < 1.29 is 9.53 Å². The van der Waals surface area contributed by atoms with E-state index in [-0.39, 0.29) is 18.0 Å². The Morgan fingerprint density at radius 1 is 1.05 bits per heavy atom. The average Bonchev–Trinajstić information content (AvgIpc) is 3.60. The fourth-order valence-electron chi connectivity index (χ4n) is 5.12. The van der Waals surface area contributed by atoms with Gasteiger partial charge < -0.3 is 10.1 Å². The first kappa shape index (κ1) is 24.6. The normalized spacial score (nSPS) is 17.6. The third-order valence-corrected chi connectivity index (χ3v) is 7.10. The molecule has 2 heterocycles. The highest BCUT2D eigenvalue weighted by molar-refractivity contribution is 5.82. The minimum Gasteiger partial charge on any atom is -0.496 e. The third kappa shape index (κ3) is 5.70. The van der Waals surface area contributed by atoms with Gasteiger partial charge in [-0.25, -0.2) is 4.68 Å². The molecule has 2 atom stereocenters. The lowest BCUT2D eigenvalue weighted by atomic mass is 9.99. The highest BCUT2D eigenvalue weighted by Crippen LogP contribution is 2.29. The molecule has 1 aromatic heterocycles. The molecule has 1 amide bonds. The van der Waals surface area contributed by atoms with Gasteiger partial charge in [-0.1, -0.05) is 66.7 Å². The van der Waals surface area contributed by atoms with Gasteiger partial charge in [0.25, 0.3) is 0 Å². The number of rotatable bonds is 9. The molecular formula is C29H32N6O2. The van der Waals surface area contributed by atoms with Crippen LogP contribution in [0.2, 0.25) is 0 Å². The topological polar surface area (TPSA) is 85.2 Å². The second kappa shape index (κ2) is 11.3. The molecule has 0 bridgehead atoms. The van der Waals surface area contributed by atoms with Crippen LogP contribution in [0.3, 0.4) is 0 Å². The molecule has 0 radical (unpaired) electrons. The smallest absolute Gasteiger partial charge is 0.237 e. The Kier molecular flexibility index (Phi) is 7.56. The molecule has 1 fully saturated rings. The number of nitrogens with one attached hydrogen (secondary N) is 1. The van der Waals surface area contributed by atoms with Gasteiger partial charge in [-0.3, -0.25) is 9.69 Å². The van der Waals surface area contributed by atoms with Crippen molar-refractivity contribution in [3.05, 3.63) is 95.8 Å². The Hall–Kier alpha value is -4.04. The number of carbonyl (C=O) groups excluding carboxylic acids is 1. The van der Waals surface area contributed by atoms with Crippen LogP contribution in [0.25, 0.3) is 11.1 Å². The monoisotopic (exact) mass is 496 g/mol. The van der Waals surface area contributed by atoms with Gasteiger partial charge in [0.2, 0.25) is 5.91 Å². The number of aryl methyl sites for hydroxylation is 1. The van der Waals surface area contributed by atoms with Crippen LogP contribution in [-0.2, 0) is 17.8 Å². The Morgan fingerprint density at radius 2 is 1.84 bits per heavy atom. The summed E-state index contributed by atoms with van der Waals surface area (Å²) in [4.78, 5) is 15.6. The van der Waals surface area contributed by atoms with Crippen LogP contribution in [0, 0.1) is 6.92 Å². The fraction of sp³-hybridized carbons (Fsp3) is 0.310. The molecule has 4 aromatic rings. The molecule has 1 aliphatic rings. The first-order valence-electron chi connectivity index (χ1n) is 12.6. The standard InChI is InChI=1S/C29H32N6O2/c1-21-7-3-5-9-26(21)23-13-11-22(12-14-23)18-34-19-25(35-20-31-32-33-35)17-27(34)29(36)30-16-15-24-8-4-6-10-28(24)37-2/h3-14,20,25,27H,15-19H2,1-2H3,(H,30,36)/t25-,27-/m0/s1. The second-order valence-electron chi connectivity index (χ2n) is 9.49. The minimum absolute atomic E-state index is 0.0296. The maximum atomic E-state index is 13.3. The van der Waals surface area contributed by atoms with Gasteiger partial charge >= 0.3 is 0 Å². The van der Waals surface area contributed by atoms with Crippen LogP contribution in [0.4, 0.5) is 0 Å². The Morgan fingerprint density at radius 3 is 2.59 bits per heavy atom. The van der Waals surface area contributed by atoms with Gasteiger partial charge in [0.05, 0.1) is 19.2 Å². The number of para-hydroxylation sites is 1.